The van der Waals surface area contributed by atoms with Crippen LogP contribution in [0.5, 0.6) is 0 Å². The summed E-state index contributed by atoms with van der Waals surface area (Å²) in [6, 6.07) is 2.49. The standard InChI is InChI=1S/C28H28ClF2N5O3/c1-27(2,32-3)24-20(30)10-16(11-21(24)31)8-9-28(17-6-4-5-7-17)13-22(37)19(25(38)39-28)12-23-34-26-33-14-18(29)15-36(26)35-23/h10-11,14-15,17,37H,4-9,12-13H2,1-2H3. The van der Waals surface area contributed by atoms with E-state index in [1.54, 1.807) is 6.20 Å². The molecule has 11 heteroatoms. The summed E-state index contributed by atoms with van der Waals surface area (Å²) < 4.78 is 37.3. The molecule has 204 valence electrons. The van der Waals surface area contributed by atoms with Crippen LogP contribution in [0.25, 0.3) is 10.6 Å². The van der Waals surface area contributed by atoms with Crippen molar-refractivity contribution < 1.29 is 23.4 Å². The predicted octanol–water partition coefficient (Wildman–Crippen LogP) is 6.07. The lowest BCUT2D eigenvalue weighted by atomic mass is 9.76. The molecule has 8 nitrogen and oxygen atoms in total. The highest BCUT2D eigenvalue weighted by atomic mass is 35.5. The summed E-state index contributed by atoms with van der Waals surface area (Å²) in [7, 11) is 0. The van der Waals surface area contributed by atoms with Gasteiger partial charge in [0, 0.05) is 26.7 Å². The van der Waals surface area contributed by atoms with Crippen LogP contribution < -0.4 is 0 Å². The largest absolute Gasteiger partial charge is 0.512 e. The van der Waals surface area contributed by atoms with Gasteiger partial charge in [0.2, 0.25) is 0 Å². The number of carbonyl (C=O) groups is 1. The molecule has 39 heavy (non-hydrogen) atoms. The number of hydrogen-bond acceptors (Lipinski definition) is 6. The summed E-state index contributed by atoms with van der Waals surface area (Å²) in [4.78, 5) is 25.0. The number of aryl methyl sites for hydroxylation is 1. The molecule has 1 N–H and O–H groups in total. The number of aliphatic hydroxyl groups is 1. The summed E-state index contributed by atoms with van der Waals surface area (Å²) in [6.07, 6.45) is 7.18. The molecule has 1 fully saturated rings. The third-order valence-corrected chi connectivity index (χ3v) is 8.02. The molecule has 2 aromatic heterocycles. The monoisotopic (exact) mass is 555 g/mol. The Hall–Kier alpha value is -3.58. The van der Waals surface area contributed by atoms with E-state index in [1.807, 2.05) is 0 Å². The second kappa shape index (κ2) is 10.2. The van der Waals surface area contributed by atoms with Gasteiger partial charge in [0.15, 0.2) is 5.82 Å². The second-order valence-corrected chi connectivity index (χ2v) is 11.3. The van der Waals surface area contributed by atoms with Crippen molar-refractivity contribution >= 4 is 23.3 Å². The van der Waals surface area contributed by atoms with Crippen molar-refractivity contribution in [3.8, 4) is 0 Å². The number of hydrogen-bond donors (Lipinski definition) is 1. The van der Waals surface area contributed by atoms with E-state index in [4.69, 9.17) is 22.9 Å². The van der Waals surface area contributed by atoms with Crippen LogP contribution in [0.1, 0.15) is 69.3 Å². The Kier molecular flexibility index (Phi) is 7.06. The molecule has 1 aliphatic heterocycles. The summed E-state index contributed by atoms with van der Waals surface area (Å²) in [5.41, 5.74) is -2.11. The number of aromatic nitrogens is 4. The molecule has 5 rings (SSSR count). The van der Waals surface area contributed by atoms with Crippen LogP contribution in [0.2, 0.25) is 5.02 Å². The summed E-state index contributed by atoms with van der Waals surface area (Å²) in [6.45, 7) is 10.2. The Balaban J connectivity index is 1.40. The van der Waals surface area contributed by atoms with Gasteiger partial charge in [0.1, 0.15) is 28.6 Å². The number of aliphatic hydroxyl groups excluding tert-OH is 1. The van der Waals surface area contributed by atoms with E-state index in [2.05, 4.69) is 19.9 Å². The number of nitrogens with zero attached hydrogens (tertiary/aromatic N) is 5. The minimum absolute atomic E-state index is 0.0137. The van der Waals surface area contributed by atoms with Gasteiger partial charge in [-0.2, -0.15) is 4.98 Å². The molecular weight excluding hydrogens is 528 g/mol. The molecule has 3 heterocycles. The molecule has 1 atom stereocenters. The number of esters is 1. The smallest absolute Gasteiger partial charge is 0.338 e. The summed E-state index contributed by atoms with van der Waals surface area (Å²) in [5.74, 6) is -1.68. The zero-order chi connectivity index (χ0) is 27.9. The lowest BCUT2D eigenvalue weighted by Gasteiger charge is -2.41. The molecule has 0 spiro atoms. The molecule has 0 radical (unpaired) electrons. The SMILES string of the molecule is [C-]#[N+]C(C)(C)c1c(F)cc(CCC2(C3CCCC3)CC(O)=C(Cc3nc4ncc(Cl)cn4n3)C(=O)O2)cc1F. The maximum atomic E-state index is 14.9. The Labute approximate surface area is 229 Å². The van der Waals surface area contributed by atoms with Crippen LogP contribution in [0.15, 0.2) is 35.9 Å². The van der Waals surface area contributed by atoms with Crippen molar-refractivity contribution in [2.75, 3.05) is 0 Å². The summed E-state index contributed by atoms with van der Waals surface area (Å²) >= 11 is 5.96. The van der Waals surface area contributed by atoms with Gasteiger partial charge >= 0.3 is 5.97 Å². The van der Waals surface area contributed by atoms with Gasteiger partial charge in [0.05, 0.1) is 23.0 Å². The highest BCUT2D eigenvalue weighted by Gasteiger charge is 2.48. The lowest BCUT2D eigenvalue weighted by Crippen LogP contribution is -2.46. The minimum atomic E-state index is -1.33. The average Bonchev–Trinajstić information content (AvgIpc) is 3.55. The molecule has 3 aromatic rings. The van der Waals surface area contributed by atoms with Crippen molar-refractivity contribution in [1.29, 1.82) is 0 Å². The molecule has 0 bridgehead atoms. The first-order valence-corrected chi connectivity index (χ1v) is 13.3. The molecule has 2 aliphatic rings. The van der Waals surface area contributed by atoms with Crippen LogP contribution in [-0.4, -0.2) is 36.3 Å². The van der Waals surface area contributed by atoms with Crippen molar-refractivity contribution in [2.24, 2.45) is 5.92 Å². The Bertz CT molecular complexity index is 1500. The Morgan fingerprint density at radius 2 is 1.97 bits per heavy atom. The highest BCUT2D eigenvalue weighted by Crippen LogP contribution is 2.46. The van der Waals surface area contributed by atoms with Crippen molar-refractivity contribution in [3.63, 3.8) is 0 Å². The summed E-state index contributed by atoms with van der Waals surface area (Å²) in [5, 5.41) is 15.8. The van der Waals surface area contributed by atoms with Gasteiger partial charge in [-0.25, -0.2) is 29.6 Å². The number of rotatable bonds is 7. The van der Waals surface area contributed by atoms with Gasteiger partial charge < -0.3 is 14.7 Å². The van der Waals surface area contributed by atoms with Crippen LogP contribution in [0.4, 0.5) is 8.78 Å². The third-order valence-electron chi connectivity index (χ3n) is 7.83. The highest BCUT2D eigenvalue weighted by molar-refractivity contribution is 6.30. The first kappa shape index (κ1) is 27.0. The Morgan fingerprint density at radius 3 is 2.62 bits per heavy atom. The molecule has 0 amide bonds. The second-order valence-electron chi connectivity index (χ2n) is 10.9. The van der Waals surface area contributed by atoms with E-state index in [0.717, 1.165) is 25.7 Å². The fourth-order valence-electron chi connectivity index (χ4n) is 5.79. The number of fused-ring (bicyclic) bond motifs is 1. The van der Waals surface area contributed by atoms with Gasteiger partial charge in [-0.3, -0.25) is 0 Å². The van der Waals surface area contributed by atoms with E-state index in [-0.39, 0.29) is 47.9 Å². The van der Waals surface area contributed by atoms with E-state index < -0.39 is 28.7 Å². The predicted molar refractivity (Wildman–Crippen MR) is 139 cm³/mol. The van der Waals surface area contributed by atoms with Crippen molar-refractivity contribution in [2.45, 2.75) is 76.4 Å². The maximum Gasteiger partial charge on any atom is 0.338 e. The zero-order valence-corrected chi connectivity index (χ0v) is 22.4. The molecule has 1 unspecified atom stereocenters. The van der Waals surface area contributed by atoms with Gasteiger partial charge in [-0.05, 0) is 49.3 Å². The number of benzene rings is 1. The molecular formula is C28H28ClF2N5O3. The zero-order valence-electron chi connectivity index (χ0n) is 21.7. The molecule has 1 saturated carbocycles. The third kappa shape index (κ3) is 5.20. The van der Waals surface area contributed by atoms with Gasteiger partial charge in [-0.15, -0.1) is 5.10 Å². The van der Waals surface area contributed by atoms with E-state index in [0.29, 0.717) is 22.8 Å². The molecule has 1 aliphatic carbocycles. The minimum Gasteiger partial charge on any atom is -0.512 e. The van der Waals surface area contributed by atoms with Gasteiger partial charge in [-0.1, -0.05) is 24.4 Å². The quantitative estimate of drug-likeness (QED) is 0.281. The fourth-order valence-corrected chi connectivity index (χ4v) is 5.93. The van der Waals surface area contributed by atoms with Crippen LogP contribution in [0, 0.1) is 24.1 Å². The van der Waals surface area contributed by atoms with E-state index >= 15 is 0 Å². The molecule has 1 aromatic carbocycles. The van der Waals surface area contributed by atoms with E-state index in [9.17, 15) is 18.7 Å². The fraction of sp³-hybridized carbons (Fsp3) is 0.464. The number of ether oxygens (including phenoxy) is 1. The first-order valence-electron chi connectivity index (χ1n) is 12.9. The van der Waals surface area contributed by atoms with Gasteiger partial charge in [0.25, 0.3) is 11.3 Å². The number of halogens is 3. The normalized spacial score (nSPS) is 20.5. The number of cyclic esters (lactones) is 1. The average molecular weight is 556 g/mol. The maximum absolute atomic E-state index is 14.9. The van der Waals surface area contributed by atoms with Crippen molar-refractivity contribution in [1.82, 2.24) is 19.6 Å². The van der Waals surface area contributed by atoms with Crippen LogP contribution >= 0.6 is 11.6 Å². The van der Waals surface area contributed by atoms with Crippen LogP contribution in [-0.2, 0) is 27.9 Å². The first-order chi connectivity index (χ1) is 18.5. The molecule has 0 saturated heterocycles. The number of carbonyl (C=O) groups excluding carboxylic acids is 1. The Morgan fingerprint density at radius 1 is 1.28 bits per heavy atom. The topological polar surface area (TPSA) is 94.0 Å². The van der Waals surface area contributed by atoms with Crippen molar-refractivity contribution in [3.05, 3.63) is 80.9 Å². The lowest BCUT2D eigenvalue weighted by molar-refractivity contribution is -0.167. The van der Waals surface area contributed by atoms with E-state index in [1.165, 1.54) is 36.7 Å². The van der Waals surface area contributed by atoms with Crippen LogP contribution in [0.3, 0.4) is 0 Å².